The van der Waals surface area contributed by atoms with Crippen LogP contribution in [-0.4, -0.2) is 45.5 Å². The van der Waals surface area contributed by atoms with Crippen LogP contribution in [0.4, 0.5) is 0 Å². The van der Waals surface area contributed by atoms with Gasteiger partial charge in [0.2, 0.25) is 5.91 Å². The Bertz CT molecular complexity index is 274. The van der Waals surface area contributed by atoms with Gasteiger partial charge in [-0.05, 0) is 6.92 Å². The second-order valence-corrected chi connectivity index (χ2v) is 5.50. The van der Waals surface area contributed by atoms with Crippen molar-refractivity contribution >= 4 is 15.7 Å². The molecule has 5 nitrogen and oxygen atoms in total. The zero-order valence-corrected chi connectivity index (χ0v) is 9.65. The van der Waals surface area contributed by atoms with Crippen molar-refractivity contribution in [3.63, 3.8) is 0 Å². The minimum absolute atomic E-state index is 0.0742. The Morgan fingerprint density at radius 2 is 2.00 bits per heavy atom. The van der Waals surface area contributed by atoms with Crippen LogP contribution in [0.3, 0.4) is 0 Å². The summed E-state index contributed by atoms with van der Waals surface area (Å²) in [6, 6.07) is -0.355. The van der Waals surface area contributed by atoms with E-state index in [-0.39, 0.29) is 23.5 Å². The molecule has 0 heterocycles. The molecule has 0 aromatic heterocycles. The highest BCUT2D eigenvalue weighted by Gasteiger charge is 2.12. The molecule has 0 fully saturated rings. The van der Waals surface area contributed by atoms with Crippen molar-refractivity contribution in [2.45, 2.75) is 19.9 Å². The van der Waals surface area contributed by atoms with Crippen molar-refractivity contribution < 1.29 is 13.2 Å². The van der Waals surface area contributed by atoms with Gasteiger partial charge >= 0.3 is 0 Å². The highest BCUT2D eigenvalue weighted by molar-refractivity contribution is 7.91. The number of carbonyl (C=O) groups is 1. The summed E-state index contributed by atoms with van der Waals surface area (Å²) in [5.74, 6) is 0.0762. The first-order valence-corrected chi connectivity index (χ1v) is 6.40. The van der Waals surface area contributed by atoms with Crippen molar-refractivity contribution in [1.82, 2.24) is 10.6 Å². The Hall–Kier alpha value is -0.620. The lowest BCUT2D eigenvalue weighted by atomic mass is 10.3. The minimum atomic E-state index is -2.94. The van der Waals surface area contributed by atoms with Crippen molar-refractivity contribution in [3.05, 3.63) is 0 Å². The first kappa shape index (κ1) is 13.4. The van der Waals surface area contributed by atoms with E-state index in [0.717, 1.165) is 0 Å². The maximum absolute atomic E-state index is 11.1. The van der Waals surface area contributed by atoms with Gasteiger partial charge in [-0.2, -0.15) is 0 Å². The lowest BCUT2D eigenvalue weighted by molar-refractivity contribution is -0.122. The van der Waals surface area contributed by atoms with E-state index in [1.165, 1.54) is 0 Å². The van der Waals surface area contributed by atoms with Crippen LogP contribution in [0.25, 0.3) is 0 Å². The summed E-state index contributed by atoms with van der Waals surface area (Å²) >= 11 is 0. The quantitative estimate of drug-likeness (QED) is 0.613. The number of amides is 1. The SMILES string of the molecule is CCS(=O)(=O)CCNC(C)C(=O)NC. The molecule has 0 radical (unpaired) electrons. The fraction of sp³-hybridized carbons (Fsp3) is 0.875. The molecule has 0 aromatic carbocycles. The summed E-state index contributed by atoms with van der Waals surface area (Å²) in [6.45, 7) is 3.61. The third kappa shape index (κ3) is 5.18. The normalized spacial score (nSPS) is 13.6. The Balaban J connectivity index is 3.81. The van der Waals surface area contributed by atoms with Crippen molar-refractivity contribution in [2.75, 3.05) is 25.1 Å². The van der Waals surface area contributed by atoms with Crippen molar-refractivity contribution in [2.24, 2.45) is 0 Å². The lowest BCUT2D eigenvalue weighted by Crippen LogP contribution is -2.42. The molecule has 0 saturated carbocycles. The predicted molar refractivity (Wildman–Crippen MR) is 55.9 cm³/mol. The fourth-order valence-corrected chi connectivity index (χ4v) is 1.60. The maximum Gasteiger partial charge on any atom is 0.236 e. The first-order valence-electron chi connectivity index (χ1n) is 4.58. The number of nitrogens with one attached hydrogen (secondary N) is 2. The summed E-state index contributed by atoms with van der Waals surface area (Å²) in [4.78, 5) is 11.0. The number of sulfone groups is 1. The zero-order valence-electron chi connectivity index (χ0n) is 8.83. The molecule has 1 atom stereocenters. The number of carbonyl (C=O) groups excluding carboxylic acids is 1. The summed E-state index contributed by atoms with van der Waals surface area (Å²) in [5.41, 5.74) is 0. The van der Waals surface area contributed by atoms with Crippen molar-refractivity contribution in [1.29, 1.82) is 0 Å². The smallest absolute Gasteiger partial charge is 0.236 e. The monoisotopic (exact) mass is 222 g/mol. The molecule has 0 bridgehead atoms. The van der Waals surface area contributed by atoms with Crippen LogP contribution in [-0.2, 0) is 14.6 Å². The highest BCUT2D eigenvalue weighted by atomic mass is 32.2. The average molecular weight is 222 g/mol. The number of hydrogen-bond acceptors (Lipinski definition) is 4. The van der Waals surface area contributed by atoms with Gasteiger partial charge in [-0.3, -0.25) is 4.79 Å². The van der Waals surface area contributed by atoms with Crippen LogP contribution in [0.1, 0.15) is 13.8 Å². The molecular formula is C8H18N2O3S. The highest BCUT2D eigenvalue weighted by Crippen LogP contribution is 1.88. The van der Waals surface area contributed by atoms with Crippen LogP contribution in [0.15, 0.2) is 0 Å². The van der Waals surface area contributed by atoms with Gasteiger partial charge in [0.25, 0.3) is 0 Å². The summed E-state index contributed by atoms with van der Waals surface area (Å²) < 4.78 is 22.2. The van der Waals surface area contributed by atoms with E-state index in [1.807, 2.05) is 0 Å². The van der Waals surface area contributed by atoms with Crippen molar-refractivity contribution in [3.8, 4) is 0 Å². The molecular weight excluding hydrogens is 204 g/mol. The van der Waals surface area contributed by atoms with Gasteiger partial charge < -0.3 is 10.6 Å². The van der Waals surface area contributed by atoms with Gasteiger partial charge in [-0.25, -0.2) is 8.42 Å². The summed E-state index contributed by atoms with van der Waals surface area (Å²) in [6.07, 6.45) is 0. The van der Waals surface area contributed by atoms with E-state index in [1.54, 1.807) is 20.9 Å². The average Bonchev–Trinajstić information content (AvgIpc) is 2.16. The molecule has 0 aliphatic rings. The van der Waals surface area contributed by atoms with Crippen LogP contribution in [0.5, 0.6) is 0 Å². The summed E-state index contributed by atoms with van der Waals surface area (Å²) in [5, 5.41) is 5.31. The van der Waals surface area contributed by atoms with Gasteiger partial charge in [0.05, 0.1) is 11.8 Å². The topological polar surface area (TPSA) is 75.3 Å². The Morgan fingerprint density at radius 3 is 2.43 bits per heavy atom. The molecule has 1 unspecified atom stereocenters. The molecule has 84 valence electrons. The third-order valence-electron chi connectivity index (χ3n) is 1.94. The summed E-state index contributed by atoms with van der Waals surface area (Å²) in [7, 11) is -1.40. The van der Waals surface area contributed by atoms with Crippen LogP contribution < -0.4 is 10.6 Å². The molecule has 0 rings (SSSR count). The van der Waals surface area contributed by atoms with Crippen LogP contribution in [0.2, 0.25) is 0 Å². The lowest BCUT2D eigenvalue weighted by Gasteiger charge is -2.11. The van der Waals surface area contributed by atoms with E-state index in [4.69, 9.17) is 0 Å². The molecule has 1 amide bonds. The first-order chi connectivity index (χ1) is 6.43. The van der Waals surface area contributed by atoms with Gasteiger partial charge in [0.15, 0.2) is 9.84 Å². The Labute approximate surface area is 85.2 Å². The van der Waals surface area contributed by atoms with Gasteiger partial charge in [-0.15, -0.1) is 0 Å². The second kappa shape index (κ2) is 5.98. The number of hydrogen-bond donors (Lipinski definition) is 2. The molecule has 0 aliphatic heterocycles. The third-order valence-corrected chi connectivity index (χ3v) is 3.65. The molecule has 0 aromatic rings. The van der Waals surface area contributed by atoms with E-state index in [0.29, 0.717) is 6.54 Å². The van der Waals surface area contributed by atoms with Crippen LogP contribution >= 0.6 is 0 Å². The zero-order chi connectivity index (χ0) is 11.2. The molecule has 6 heteroatoms. The van der Waals surface area contributed by atoms with E-state index in [9.17, 15) is 13.2 Å². The largest absolute Gasteiger partial charge is 0.358 e. The van der Waals surface area contributed by atoms with E-state index >= 15 is 0 Å². The molecule has 0 aliphatic carbocycles. The molecule has 0 spiro atoms. The van der Waals surface area contributed by atoms with E-state index < -0.39 is 9.84 Å². The second-order valence-electron chi connectivity index (χ2n) is 3.03. The van der Waals surface area contributed by atoms with Gasteiger partial charge in [0, 0.05) is 19.3 Å². The molecule has 2 N–H and O–H groups in total. The number of likely N-dealkylation sites (N-methyl/N-ethyl adjacent to an activating group) is 1. The maximum atomic E-state index is 11.1. The minimum Gasteiger partial charge on any atom is -0.358 e. The van der Waals surface area contributed by atoms with Crippen LogP contribution in [0, 0.1) is 0 Å². The Morgan fingerprint density at radius 1 is 1.43 bits per heavy atom. The standard InChI is InChI=1S/C8H18N2O3S/c1-4-14(12,13)6-5-10-7(2)8(11)9-3/h7,10H,4-6H2,1-3H3,(H,9,11). The predicted octanol–water partition coefficient (Wildman–Crippen LogP) is -0.855. The van der Waals surface area contributed by atoms with Gasteiger partial charge in [-0.1, -0.05) is 6.92 Å². The molecule has 0 saturated heterocycles. The fourth-order valence-electron chi connectivity index (χ4n) is 0.884. The number of rotatable bonds is 6. The Kier molecular flexibility index (Phi) is 5.71. The van der Waals surface area contributed by atoms with E-state index in [2.05, 4.69) is 10.6 Å². The molecule has 14 heavy (non-hydrogen) atoms. The van der Waals surface area contributed by atoms with Gasteiger partial charge in [0.1, 0.15) is 0 Å².